The van der Waals surface area contributed by atoms with E-state index in [9.17, 15) is 35.4 Å². The summed E-state index contributed by atoms with van der Waals surface area (Å²) in [5.74, 6) is -0.883. The van der Waals surface area contributed by atoms with Crippen LogP contribution in [0.4, 0.5) is 0 Å². The molecule has 1 aliphatic rings. The second-order valence-corrected chi connectivity index (χ2v) is 7.15. The van der Waals surface area contributed by atoms with Crippen molar-refractivity contribution < 1.29 is 49.6 Å². The highest BCUT2D eigenvalue weighted by atomic mass is 16.7. The molecule has 10 heteroatoms. The first-order valence-corrected chi connectivity index (χ1v) is 9.71. The number of hydrogen-bond donors (Lipinski definition) is 6. The zero-order valence-corrected chi connectivity index (χ0v) is 16.8. The zero-order chi connectivity index (χ0) is 23.3. The molecule has 0 saturated carbocycles. The van der Waals surface area contributed by atoms with Gasteiger partial charge in [0.2, 0.25) is 6.29 Å². The standard InChI is InChI=1S/C22H24O10/c23-10-17-19(27)20(28)21(29)22(32-17)31-14-5-1-13(2-6-14)11-30-18(26)8-4-12-3-7-15(24)16(25)9-12/h1-9,17,19-25,27-29H,10-11H2/b8-4+/t17-,19-,20-,21-,22-/m1/s1. The van der Waals surface area contributed by atoms with Crippen LogP contribution in [0.25, 0.3) is 6.08 Å². The van der Waals surface area contributed by atoms with Gasteiger partial charge in [-0.1, -0.05) is 18.2 Å². The normalized spacial score (nSPS) is 25.6. The van der Waals surface area contributed by atoms with Gasteiger partial charge in [0.25, 0.3) is 0 Å². The fourth-order valence-corrected chi connectivity index (χ4v) is 2.97. The Bertz CT molecular complexity index is 940. The average Bonchev–Trinajstić information content (AvgIpc) is 2.79. The second-order valence-electron chi connectivity index (χ2n) is 7.15. The molecule has 0 unspecified atom stereocenters. The maximum absolute atomic E-state index is 11.9. The van der Waals surface area contributed by atoms with Gasteiger partial charge < -0.3 is 44.8 Å². The first-order chi connectivity index (χ1) is 15.3. The van der Waals surface area contributed by atoms with E-state index in [-0.39, 0.29) is 23.9 Å². The molecule has 3 rings (SSSR count). The lowest BCUT2D eigenvalue weighted by molar-refractivity contribution is -0.277. The minimum atomic E-state index is -1.54. The smallest absolute Gasteiger partial charge is 0.331 e. The Balaban J connectivity index is 1.51. The summed E-state index contributed by atoms with van der Waals surface area (Å²) in [6, 6.07) is 10.4. The number of carbonyl (C=O) groups excluding carboxylic acids is 1. The molecule has 172 valence electrons. The van der Waals surface area contributed by atoms with Crippen LogP contribution in [0.2, 0.25) is 0 Å². The number of benzene rings is 2. The van der Waals surface area contributed by atoms with Crippen molar-refractivity contribution in [2.24, 2.45) is 0 Å². The molecule has 1 fully saturated rings. The van der Waals surface area contributed by atoms with Gasteiger partial charge >= 0.3 is 5.97 Å². The lowest BCUT2D eigenvalue weighted by Crippen LogP contribution is -2.60. The van der Waals surface area contributed by atoms with Crippen LogP contribution in [0.3, 0.4) is 0 Å². The maximum Gasteiger partial charge on any atom is 0.331 e. The van der Waals surface area contributed by atoms with Crippen molar-refractivity contribution in [2.45, 2.75) is 37.3 Å². The molecular weight excluding hydrogens is 424 g/mol. The van der Waals surface area contributed by atoms with Gasteiger partial charge in [0.1, 0.15) is 36.8 Å². The van der Waals surface area contributed by atoms with Crippen LogP contribution in [-0.2, 0) is 20.9 Å². The molecule has 0 aliphatic carbocycles. The molecule has 2 aromatic carbocycles. The Kier molecular flexibility index (Phi) is 7.67. The lowest BCUT2D eigenvalue weighted by Gasteiger charge is -2.39. The highest BCUT2D eigenvalue weighted by Gasteiger charge is 2.44. The molecule has 0 radical (unpaired) electrons. The van der Waals surface area contributed by atoms with Crippen molar-refractivity contribution in [1.82, 2.24) is 0 Å². The lowest BCUT2D eigenvalue weighted by atomic mass is 9.99. The van der Waals surface area contributed by atoms with Crippen LogP contribution >= 0.6 is 0 Å². The summed E-state index contributed by atoms with van der Waals surface area (Å²) in [7, 11) is 0. The van der Waals surface area contributed by atoms with Crippen molar-refractivity contribution in [3.05, 3.63) is 59.7 Å². The highest BCUT2D eigenvalue weighted by Crippen LogP contribution is 2.26. The quantitative estimate of drug-likeness (QED) is 0.193. The highest BCUT2D eigenvalue weighted by molar-refractivity contribution is 5.87. The van der Waals surface area contributed by atoms with Crippen LogP contribution in [0, 0.1) is 0 Å². The molecule has 1 heterocycles. The van der Waals surface area contributed by atoms with E-state index in [0.29, 0.717) is 11.1 Å². The number of esters is 1. The molecule has 0 spiro atoms. The summed E-state index contributed by atoms with van der Waals surface area (Å²) in [6.07, 6.45) is -4.28. The van der Waals surface area contributed by atoms with Gasteiger partial charge in [-0.05, 0) is 41.5 Å². The predicted octanol–water partition coefficient (Wildman–Crippen LogP) is 0.0331. The number of aliphatic hydroxyl groups excluding tert-OH is 4. The van der Waals surface area contributed by atoms with E-state index in [0.717, 1.165) is 0 Å². The van der Waals surface area contributed by atoms with Crippen molar-refractivity contribution in [3.8, 4) is 17.2 Å². The van der Waals surface area contributed by atoms with Crippen molar-refractivity contribution in [1.29, 1.82) is 0 Å². The van der Waals surface area contributed by atoms with Gasteiger partial charge in [0.05, 0.1) is 6.61 Å². The number of ether oxygens (including phenoxy) is 3. The molecule has 0 aromatic heterocycles. The Labute approximate surface area is 183 Å². The SMILES string of the molecule is O=C(/C=C/c1ccc(O)c(O)c1)OCc1ccc(O[C@@H]2O[C@H](CO)[C@@H](O)[C@@H](O)[C@H]2O)cc1. The third kappa shape index (κ3) is 5.75. The minimum Gasteiger partial charge on any atom is -0.504 e. The summed E-state index contributed by atoms with van der Waals surface area (Å²) in [4.78, 5) is 11.9. The Morgan fingerprint density at radius 2 is 1.69 bits per heavy atom. The summed E-state index contributed by atoms with van der Waals surface area (Å²) in [5.41, 5.74) is 1.15. The molecule has 6 N–H and O–H groups in total. The molecule has 5 atom stereocenters. The van der Waals surface area contributed by atoms with E-state index < -0.39 is 43.3 Å². The van der Waals surface area contributed by atoms with E-state index in [4.69, 9.17) is 14.2 Å². The monoisotopic (exact) mass is 448 g/mol. The van der Waals surface area contributed by atoms with Gasteiger partial charge in [0.15, 0.2) is 11.5 Å². The number of phenolic OH excluding ortho intramolecular Hbond substituents is 2. The van der Waals surface area contributed by atoms with E-state index in [2.05, 4.69) is 0 Å². The van der Waals surface area contributed by atoms with Gasteiger partial charge in [-0.25, -0.2) is 4.79 Å². The summed E-state index contributed by atoms with van der Waals surface area (Å²) in [5, 5.41) is 57.5. The number of aromatic hydroxyl groups is 2. The van der Waals surface area contributed by atoms with Crippen LogP contribution in [-0.4, -0.2) is 73.9 Å². The summed E-state index contributed by atoms with van der Waals surface area (Å²) >= 11 is 0. The maximum atomic E-state index is 11.9. The average molecular weight is 448 g/mol. The van der Waals surface area contributed by atoms with Crippen LogP contribution < -0.4 is 4.74 Å². The van der Waals surface area contributed by atoms with Crippen LogP contribution in [0.15, 0.2) is 48.5 Å². The number of rotatable bonds is 7. The zero-order valence-electron chi connectivity index (χ0n) is 16.8. The topological polar surface area (TPSA) is 166 Å². The van der Waals surface area contributed by atoms with Crippen molar-refractivity contribution in [2.75, 3.05) is 6.61 Å². The first kappa shape index (κ1) is 23.5. The van der Waals surface area contributed by atoms with E-state index in [1.54, 1.807) is 24.3 Å². The molecule has 10 nitrogen and oxygen atoms in total. The van der Waals surface area contributed by atoms with Crippen LogP contribution in [0.5, 0.6) is 17.2 Å². The molecule has 0 amide bonds. The fourth-order valence-electron chi connectivity index (χ4n) is 2.97. The van der Waals surface area contributed by atoms with Gasteiger partial charge in [-0.15, -0.1) is 0 Å². The number of phenols is 2. The van der Waals surface area contributed by atoms with Gasteiger partial charge in [-0.3, -0.25) is 0 Å². The fraction of sp³-hybridized carbons (Fsp3) is 0.318. The number of hydrogen-bond acceptors (Lipinski definition) is 10. The molecule has 1 aliphatic heterocycles. The van der Waals surface area contributed by atoms with E-state index >= 15 is 0 Å². The molecule has 0 bridgehead atoms. The number of aliphatic hydroxyl groups is 4. The van der Waals surface area contributed by atoms with Crippen molar-refractivity contribution >= 4 is 12.0 Å². The molecule has 1 saturated heterocycles. The van der Waals surface area contributed by atoms with Crippen molar-refractivity contribution in [3.63, 3.8) is 0 Å². The molecule has 2 aromatic rings. The Morgan fingerprint density at radius 3 is 2.34 bits per heavy atom. The van der Waals surface area contributed by atoms with Gasteiger partial charge in [0, 0.05) is 6.08 Å². The molecular formula is C22H24O10. The molecule has 32 heavy (non-hydrogen) atoms. The Morgan fingerprint density at radius 1 is 0.969 bits per heavy atom. The number of carbonyl (C=O) groups is 1. The summed E-state index contributed by atoms with van der Waals surface area (Å²) < 4.78 is 15.9. The summed E-state index contributed by atoms with van der Waals surface area (Å²) in [6.45, 7) is -0.582. The van der Waals surface area contributed by atoms with Gasteiger partial charge in [-0.2, -0.15) is 0 Å². The Hall–Kier alpha value is -3.15. The van der Waals surface area contributed by atoms with E-state index in [1.807, 2.05) is 0 Å². The third-order valence-corrected chi connectivity index (χ3v) is 4.82. The second kappa shape index (κ2) is 10.4. The van der Waals surface area contributed by atoms with E-state index in [1.165, 1.54) is 30.4 Å². The predicted molar refractivity (Wildman–Crippen MR) is 109 cm³/mol. The third-order valence-electron chi connectivity index (χ3n) is 4.82. The van der Waals surface area contributed by atoms with Crippen LogP contribution in [0.1, 0.15) is 11.1 Å². The largest absolute Gasteiger partial charge is 0.504 e. The minimum absolute atomic E-state index is 0.0235. The first-order valence-electron chi connectivity index (χ1n) is 9.71.